The maximum absolute atomic E-state index is 6.61. The van der Waals surface area contributed by atoms with Crippen LogP contribution < -0.4 is 0 Å². The zero-order chi connectivity index (χ0) is 31.2. The summed E-state index contributed by atoms with van der Waals surface area (Å²) in [4.78, 5) is 19.5. The van der Waals surface area contributed by atoms with Crippen molar-refractivity contribution < 1.29 is 4.42 Å². The van der Waals surface area contributed by atoms with Crippen LogP contribution in [0.1, 0.15) is 0 Å². The predicted molar refractivity (Wildman–Crippen MR) is 190 cm³/mol. The fourth-order valence-electron chi connectivity index (χ4n) is 6.39. The van der Waals surface area contributed by atoms with Crippen molar-refractivity contribution in [2.45, 2.75) is 0 Å². The van der Waals surface area contributed by atoms with E-state index >= 15 is 0 Å². The van der Waals surface area contributed by atoms with Crippen LogP contribution in [0.5, 0.6) is 0 Å². The Balaban J connectivity index is 1.25. The fraction of sp³-hybridized carbons (Fsp3) is 0. The smallest absolute Gasteiger partial charge is 0.164 e. The molecule has 0 fully saturated rings. The van der Waals surface area contributed by atoms with E-state index in [1.165, 1.54) is 0 Å². The molecule has 0 aliphatic carbocycles. The molecular weight excluding hydrogens is 576 g/mol. The molecule has 0 saturated carbocycles. The summed E-state index contributed by atoms with van der Waals surface area (Å²) in [5.41, 5.74) is 8.62. The summed E-state index contributed by atoms with van der Waals surface area (Å²) >= 11 is 0. The number of benzene rings is 6. The third-order valence-corrected chi connectivity index (χ3v) is 8.57. The Hall–Kier alpha value is -6.46. The van der Waals surface area contributed by atoms with Crippen LogP contribution in [-0.4, -0.2) is 19.9 Å². The number of fused-ring (bicyclic) bond motifs is 5. The molecule has 0 bridgehead atoms. The van der Waals surface area contributed by atoms with Gasteiger partial charge in [-0.05, 0) is 46.8 Å². The lowest BCUT2D eigenvalue weighted by molar-refractivity contribution is 0.673. The molecule has 0 atom stereocenters. The first kappa shape index (κ1) is 26.9. The Labute approximate surface area is 270 Å². The fourth-order valence-corrected chi connectivity index (χ4v) is 6.39. The summed E-state index contributed by atoms with van der Waals surface area (Å²) in [6.45, 7) is 0. The summed E-state index contributed by atoms with van der Waals surface area (Å²) in [5.74, 6) is 1.89. The molecule has 0 saturated heterocycles. The number of rotatable bonds is 5. The van der Waals surface area contributed by atoms with Crippen LogP contribution in [0.2, 0.25) is 0 Å². The quantitative estimate of drug-likeness (QED) is 0.196. The van der Waals surface area contributed by atoms with E-state index in [2.05, 4.69) is 72.8 Å². The number of furan rings is 1. The summed E-state index contributed by atoms with van der Waals surface area (Å²) < 4.78 is 6.61. The number of aromatic nitrogens is 4. The third-order valence-electron chi connectivity index (χ3n) is 8.57. The minimum absolute atomic E-state index is 0.618. The van der Waals surface area contributed by atoms with Crippen LogP contribution in [-0.2, 0) is 0 Å². The van der Waals surface area contributed by atoms with Gasteiger partial charge in [-0.2, -0.15) is 0 Å². The molecule has 0 N–H and O–H groups in total. The third kappa shape index (κ3) is 4.73. The van der Waals surface area contributed by atoms with Crippen molar-refractivity contribution >= 4 is 32.7 Å². The molecule has 5 nitrogen and oxygen atoms in total. The predicted octanol–water partition coefficient (Wildman–Crippen LogP) is 10.7. The highest BCUT2D eigenvalue weighted by Crippen LogP contribution is 2.43. The molecule has 0 spiro atoms. The van der Waals surface area contributed by atoms with E-state index in [4.69, 9.17) is 24.4 Å². The van der Waals surface area contributed by atoms with Gasteiger partial charge in [0.1, 0.15) is 11.2 Å². The molecule has 220 valence electrons. The first-order chi connectivity index (χ1) is 23.3. The monoisotopic (exact) mass is 602 g/mol. The minimum Gasteiger partial charge on any atom is -0.455 e. The molecule has 0 aliphatic rings. The Morgan fingerprint density at radius 2 is 1.00 bits per heavy atom. The normalized spacial score (nSPS) is 11.4. The van der Waals surface area contributed by atoms with Crippen LogP contribution in [0.15, 0.2) is 162 Å². The molecule has 47 heavy (non-hydrogen) atoms. The molecule has 0 amide bonds. The largest absolute Gasteiger partial charge is 0.455 e. The van der Waals surface area contributed by atoms with Gasteiger partial charge in [0.2, 0.25) is 0 Å². The maximum Gasteiger partial charge on any atom is 0.164 e. The summed E-state index contributed by atoms with van der Waals surface area (Å²) in [5, 5.41) is 4.29. The Kier molecular flexibility index (Phi) is 6.39. The minimum atomic E-state index is 0.618. The molecule has 9 aromatic rings. The van der Waals surface area contributed by atoms with Gasteiger partial charge in [0.15, 0.2) is 17.5 Å². The van der Waals surface area contributed by atoms with Gasteiger partial charge in [-0.25, -0.2) is 15.0 Å². The average Bonchev–Trinajstić information content (AvgIpc) is 3.55. The van der Waals surface area contributed by atoms with E-state index in [1.807, 2.05) is 85.1 Å². The summed E-state index contributed by atoms with van der Waals surface area (Å²) in [6, 6.07) is 51.4. The Bertz CT molecular complexity index is 2500. The summed E-state index contributed by atoms with van der Waals surface area (Å²) in [7, 11) is 0. The van der Waals surface area contributed by atoms with Gasteiger partial charge in [-0.15, -0.1) is 0 Å². The van der Waals surface area contributed by atoms with Gasteiger partial charge in [0.25, 0.3) is 0 Å². The van der Waals surface area contributed by atoms with Crippen molar-refractivity contribution in [2.75, 3.05) is 0 Å². The maximum atomic E-state index is 6.61. The molecule has 3 heterocycles. The first-order valence-corrected chi connectivity index (χ1v) is 15.6. The van der Waals surface area contributed by atoms with Crippen molar-refractivity contribution in [3.05, 3.63) is 158 Å². The van der Waals surface area contributed by atoms with Crippen LogP contribution in [0, 0.1) is 0 Å². The molecular formula is C42H26N4O. The summed E-state index contributed by atoms with van der Waals surface area (Å²) in [6.07, 6.45) is 1.84. The van der Waals surface area contributed by atoms with E-state index < -0.39 is 0 Å². The van der Waals surface area contributed by atoms with E-state index in [-0.39, 0.29) is 0 Å². The zero-order valence-corrected chi connectivity index (χ0v) is 25.2. The van der Waals surface area contributed by atoms with Gasteiger partial charge in [-0.1, -0.05) is 121 Å². The van der Waals surface area contributed by atoms with Gasteiger partial charge < -0.3 is 4.42 Å². The highest BCUT2D eigenvalue weighted by molar-refractivity contribution is 6.22. The second kappa shape index (κ2) is 11.2. The van der Waals surface area contributed by atoms with Crippen LogP contribution in [0.25, 0.3) is 89.3 Å². The lowest BCUT2D eigenvalue weighted by atomic mass is 9.94. The van der Waals surface area contributed by atoms with Crippen molar-refractivity contribution in [3.8, 4) is 56.5 Å². The molecule has 0 radical (unpaired) electrons. The van der Waals surface area contributed by atoms with Crippen LogP contribution in [0.4, 0.5) is 0 Å². The first-order valence-electron chi connectivity index (χ1n) is 15.6. The SMILES string of the molecule is c1ccc(-c2nc(-c3ccccc3)nc(-c3cccc(-c4cccc5oc6c7ccccc7c(-c7ccccn7)cc6c45)c3)n2)cc1. The number of nitrogens with zero attached hydrogens (tertiary/aromatic N) is 4. The van der Waals surface area contributed by atoms with Crippen molar-refractivity contribution in [1.29, 1.82) is 0 Å². The standard InChI is InChI=1S/C42H26N4O/c1-3-13-27(14-4-1)40-44-41(28-15-5-2-6-16-28)46-42(45-40)30-18-11-17-29(25-30)31-21-12-23-37-38(31)35-26-34(36-22-9-10-24-43-36)32-19-7-8-20-33(32)39(35)47-37/h1-26H. The van der Waals surface area contributed by atoms with Gasteiger partial charge >= 0.3 is 0 Å². The van der Waals surface area contributed by atoms with Gasteiger partial charge in [0.05, 0.1) is 5.69 Å². The van der Waals surface area contributed by atoms with Crippen LogP contribution >= 0.6 is 0 Å². The Morgan fingerprint density at radius 1 is 0.404 bits per heavy atom. The van der Waals surface area contributed by atoms with E-state index in [0.29, 0.717) is 17.5 Å². The second-order valence-electron chi connectivity index (χ2n) is 11.5. The van der Waals surface area contributed by atoms with Gasteiger partial charge in [0, 0.05) is 44.6 Å². The number of hydrogen-bond donors (Lipinski definition) is 0. The number of pyridine rings is 1. The highest BCUT2D eigenvalue weighted by atomic mass is 16.3. The lowest BCUT2D eigenvalue weighted by Gasteiger charge is -2.10. The van der Waals surface area contributed by atoms with Crippen molar-refractivity contribution in [1.82, 2.24) is 19.9 Å². The topological polar surface area (TPSA) is 64.7 Å². The van der Waals surface area contributed by atoms with Crippen molar-refractivity contribution in [3.63, 3.8) is 0 Å². The van der Waals surface area contributed by atoms with E-state index in [9.17, 15) is 0 Å². The molecule has 0 unspecified atom stereocenters. The number of hydrogen-bond acceptors (Lipinski definition) is 5. The molecule has 9 rings (SSSR count). The van der Waals surface area contributed by atoms with Crippen molar-refractivity contribution in [2.24, 2.45) is 0 Å². The second-order valence-corrected chi connectivity index (χ2v) is 11.5. The average molecular weight is 603 g/mol. The molecule has 3 aromatic heterocycles. The Morgan fingerprint density at radius 3 is 1.70 bits per heavy atom. The van der Waals surface area contributed by atoms with Gasteiger partial charge in [-0.3, -0.25) is 4.98 Å². The van der Waals surface area contributed by atoms with Crippen LogP contribution in [0.3, 0.4) is 0 Å². The van der Waals surface area contributed by atoms with E-state index in [0.717, 1.165) is 71.8 Å². The zero-order valence-electron chi connectivity index (χ0n) is 25.2. The lowest BCUT2D eigenvalue weighted by Crippen LogP contribution is -2.00. The highest BCUT2D eigenvalue weighted by Gasteiger charge is 2.19. The molecule has 6 aromatic carbocycles. The van der Waals surface area contributed by atoms with E-state index in [1.54, 1.807) is 0 Å². The molecule has 5 heteroatoms. The molecule has 0 aliphatic heterocycles.